The lowest BCUT2D eigenvalue weighted by Gasteiger charge is -2.32. The Morgan fingerprint density at radius 3 is 2.32 bits per heavy atom. The van der Waals surface area contributed by atoms with Crippen molar-refractivity contribution in [3.8, 4) is 5.75 Å². The van der Waals surface area contributed by atoms with Gasteiger partial charge in [-0.2, -0.15) is 0 Å². The van der Waals surface area contributed by atoms with E-state index in [9.17, 15) is 13.6 Å². The Bertz CT molecular complexity index is 839. The molecule has 0 aromatic heterocycles. The zero-order chi connectivity index (χ0) is 20.6. The van der Waals surface area contributed by atoms with Crippen molar-refractivity contribution < 1.29 is 27.6 Å². The second-order valence-electron chi connectivity index (χ2n) is 9.14. The minimum atomic E-state index is -2.88. The van der Waals surface area contributed by atoms with Crippen molar-refractivity contribution in [3.63, 3.8) is 0 Å². The fourth-order valence-electron chi connectivity index (χ4n) is 4.10. The smallest absolute Gasteiger partial charge is 0.490 e. The number of rotatable bonds is 1. The Balaban J connectivity index is 1.77. The molecular formula is C20H26BF2NO4. The molecule has 0 aliphatic carbocycles. The van der Waals surface area contributed by atoms with Gasteiger partial charge < -0.3 is 18.9 Å². The number of alkyl halides is 2. The van der Waals surface area contributed by atoms with Crippen LogP contribution in [0.1, 0.15) is 55.6 Å². The van der Waals surface area contributed by atoms with Crippen LogP contribution in [0.15, 0.2) is 6.07 Å². The third kappa shape index (κ3) is 2.84. The number of hydrogen-bond donors (Lipinski definition) is 0. The van der Waals surface area contributed by atoms with Crippen molar-refractivity contribution in [1.29, 1.82) is 0 Å². The molecule has 152 valence electrons. The lowest BCUT2D eigenvalue weighted by atomic mass is 9.74. The third-order valence-corrected chi connectivity index (χ3v) is 6.68. The molecule has 1 amide bonds. The third-order valence-electron chi connectivity index (χ3n) is 6.68. The molecule has 8 heteroatoms. The van der Waals surface area contributed by atoms with Gasteiger partial charge in [0, 0.05) is 6.42 Å². The summed E-state index contributed by atoms with van der Waals surface area (Å²) >= 11 is 0. The number of fused-ring (bicyclic) bond motifs is 2. The summed E-state index contributed by atoms with van der Waals surface area (Å²) in [6.45, 7) is 11.2. The molecule has 0 N–H and O–H groups in total. The quantitative estimate of drug-likeness (QED) is 0.689. The van der Waals surface area contributed by atoms with E-state index in [0.29, 0.717) is 11.3 Å². The standard InChI is InChI=1S/C20H26BF2NO4/c1-11-12(2)16-14(7-15(11)21-27-18(3,4)19(5,6)28-21)17(25)24-10-20(22,23)8-13(24)9-26-16/h7,13H,8-10H2,1-6H3/t13-/m1/s1. The van der Waals surface area contributed by atoms with Crippen LogP contribution in [0.3, 0.4) is 0 Å². The van der Waals surface area contributed by atoms with Crippen molar-refractivity contribution in [2.75, 3.05) is 13.2 Å². The molecule has 2 fully saturated rings. The highest BCUT2D eigenvalue weighted by atomic mass is 19.3. The molecule has 5 nitrogen and oxygen atoms in total. The van der Waals surface area contributed by atoms with Crippen molar-refractivity contribution in [2.45, 2.75) is 71.1 Å². The van der Waals surface area contributed by atoms with Crippen LogP contribution in [0, 0.1) is 13.8 Å². The Kier molecular flexibility index (Phi) is 4.15. The summed E-state index contributed by atoms with van der Waals surface area (Å²) in [7, 11) is -0.638. The summed E-state index contributed by atoms with van der Waals surface area (Å²) in [4.78, 5) is 14.4. The van der Waals surface area contributed by atoms with Crippen LogP contribution in [0.2, 0.25) is 0 Å². The van der Waals surface area contributed by atoms with E-state index in [2.05, 4.69) is 0 Å². The normalized spacial score (nSPS) is 27.3. The first-order chi connectivity index (χ1) is 12.8. The fraction of sp³-hybridized carbons (Fsp3) is 0.650. The van der Waals surface area contributed by atoms with Gasteiger partial charge in [-0.3, -0.25) is 4.79 Å². The van der Waals surface area contributed by atoms with Crippen LogP contribution < -0.4 is 10.2 Å². The van der Waals surface area contributed by atoms with E-state index in [0.717, 1.165) is 16.6 Å². The van der Waals surface area contributed by atoms with Gasteiger partial charge in [-0.25, -0.2) is 8.78 Å². The van der Waals surface area contributed by atoms with E-state index >= 15 is 0 Å². The van der Waals surface area contributed by atoms with E-state index in [4.69, 9.17) is 14.0 Å². The molecule has 4 rings (SSSR count). The first kappa shape index (κ1) is 19.6. The van der Waals surface area contributed by atoms with Gasteiger partial charge in [0.05, 0.1) is 29.4 Å². The molecule has 1 aromatic rings. The molecule has 28 heavy (non-hydrogen) atoms. The van der Waals surface area contributed by atoms with Crippen molar-refractivity contribution >= 4 is 18.5 Å². The van der Waals surface area contributed by atoms with E-state index < -0.39 is 42.7 Å². The highest BCUT2D eigenvalue weighted by Gasteiger charge is 2.53. The van der Waals surface area contributed by atoms with Gasteiger partial charge in [0.1, 0.15) is 12.4 Å². The molecule has 3 aliphatic rings. The second-order valence-corrected chi connectivity index (χ2v) is 9.14. The molecule has 0 unspecified atom stereocenters. The Labute approximate surface area is 164 Å². The number of amides is 1. The van der Waals surface area contributed by atoms with Crippen LogP contribution >= 0.6 is 0 Å². The van der Waals surface area contributed by atoms with E-state index in [-0.39, 0.29) is 13.0 Å². The molecule has 0 radical (unpaired) electrons. The number of carbonyl (C=O) groups excluding carboxylic acids is 1. The van der Waals surface area contributed by atoms with E-state index in [1.807, 2.05) is 41.5 Å². The van der Waals surface area contributed by atoms with Gasteiger partial charge in [0.2, 0.25) is 0 Å². The van der Waals surface area contributed by atoms with Gasteiger partial charge in [0.25, 0.3) is 11.8 Å². The number of benzene rings is 1. The predicted molar refractivity (Wildman–Crippen MR) is 102 cm³/mol. The summed E-state index contributed by atoms with van der Waals surface area (Å²) < 4.78 is 45.9. The highest BCUT2D eigenvalue weighted by molar-refractivity contribution is 6.62. The van der Waals surface area contributed by atoms with Gasteiger partial charge >= 0.3 is 7.12 Å². The lowest BCUT2D eigenvalue weighted by Crippen LogP contribution is -2.41. The molecule has 3 heterocycles. The Morgan fingerprint density at radius 1 is 1.11 bits per heavy atom. The average molecular weight is 393 g/mol. The topological polar surface area (TPSA) is 48.0 Å². The summed E-state index contributed by atoms with van der Waals surface area (Å²) in [5, 5.41) is 0. The first-order valence-electron chi connectivity index (χ1n) is 9.64. The summed E-state index contributed by atoms with van der Waals surface area (Å²) in [6.07, 6.45) is -0.366. The average Bonchev–Trinajstić information content (AvgIpc) is 2.95. The van der Waals surface area contributed by atoms with Crippen molar-refractivity contribution in [1.82, 2.24) is 4.90 Å². The number of nitrogens with zero attached hydrogens (tertiary/aromatic N) is 1. The monoisotopic (exact) mass is 393 g/mol. The second kappa shape index (κ2) is 5.92. The summed E-state index contributed by atoms with van der Waals surface area (Å²) in [5.41, 5.74) is 1.71. The van der Waals surface area contributed by atoms with Crippen LogP contribution in [0.5, 0.6) is 5.75 Å². The minimum absolute atomic E-state index is 0.0739. The van der Waals surface area contributed by atoms with Crippen LogP contribution in [0.4, 0.5) is 8.78 Å². The molecular weight excluding hydrogens is 367 g/mol. The van der Waals surface area contributed by atoms with E-state index in [1.54, 1.807) is 6.07 Å². The number of hydrogen-bond acceptors (Lipinski definition) is 4. The molecule has 2 saturated heterocycles. The van der Waals surface area contributed by atoms with Crippen molar-refractivity contribution in [3.05, 3.63) is 22.8 Å². The largest absolute Gasteiger partial charge is 0.495 e. The highest BCUT2D eigenvalue weighted by Crippen LogP contribution is 2.40. The van der Waals surface area contributed by atoms with Gasteiger partial charge in [-0.05, 0) is 64.2 Å². The maximum absolute atomic E-state index is 13.9. The molecule has 1 aromatic carbocycles. The molecule has 0 bridgehead atoms. The first-order valence-corrected chi connectivity index (χ1v) is 9.64. The van der Waals surface area contributed by atoms with Crippen molar-refractivity contribution in [2.24, 2.45) is 0 Å². The molecule has 0 saturated carbocycles. The maximum atomic E-state index is 13.9. The van der Waals surface area contributed by atoms with Crippen LogP contribution in [-0.2, 0) is 9.31 Å². The lowest BCUT2D eigenvalue weighted by molar-refractivity contribution is 0.00578. The molecule has 1 atom stereocenters. The number of halogens is 2. The number of carbonyl (C=O) groups is 1. The Hall–Kier alpha value is -1.67. The fourth-order valence-corrected chi connectivity index (χ4v) is 4.10. The summed E-state index contributed by atoms with van der Waals surface area (Å²) in [5.74, 6) is -2.83. The maximum Gasteiger partial charge on any atom is 0.495 e. The SMILES string of the molecule is Cc1c(B2OC(C)(C)C(C)(C)O2)cc2c(c1C)OC[C@H]1CC(F)(F)CN1C2=O. The molecule has 3 aliphatic heterocycles. The predicted octanol–water partition coefficient (Wildman–Crippen LogP) is 2.84. The number of ether oxygens (including phenoxy) is 1. The summed E-state index contributed by atoms with van der Waals surface area (Å²) in [6, 6.07) is 1.08. The van der Waals surface area contributed by atoms with Gasteiger partial charge in [-0.1, -0.05) is 0 Å². The zero-order valence-corrected chi connectivity index (χ0v) is 17.2. The molecule has 0 spiro atoms. The zero-order valence-electron chi connectivity index (χ0n) is 17.2. The van der Waals surface area contributed by atoms with Crippen LogP contribution in [0.25, 0.3) is 0 Å². The van der Waals surface area contributed by atoms with Gasteiger partial charge in [0.15, 0.2) is 0 Å². The minimum Gasteiger partial charge on any atom is -0.490 e. The van der Waals surface area contributed by atoms with Gasteiger partial charge in [-0.15, -0.1) is 0 Å². The van der Waals surface area contributed by atoms with E-state index in [1.165, 1.54) is 4.90 Å². The van der Waals surface area contributed by atoms with Crippen LogP contribution in [-0.4, -0.2) is 54.2 Å². The Morgan fingerprint density at radius 2 is 1.71 bits per heavy atom.